The minimum atomic E-state index is 0.0423. The lowest BCUT2D eigenvalue weighted by Gasteiger charge is -2.08. The molecule has 1 heterocycles. The Hall–Kier alpha value is -2.47. The Morgan fingerprint density at radius 2 is 1.96 bits per heavy atom. The van der Waals surface area contributed by atoms with Gasteiger partial charge in [0.05, 0.1) is 24.7 Å². The summed E-state index contributed by atoms with van der Waals surface area (Å²) in [5, 5.41) is 2.98. The van der Waals surface area contributed by atoms with Gasteiger partial charge >= 0.3 is 0 Å². The molecule has 2 aromatic carbocycles. The molecule has 0 spiro atoms. The maximum absolute atomic E-state index is 12.1. The Labute approximate surface area is 157 Å². The molecule has 0 radical (unpaired) electrons. The Bertz CT molecular complexity index is 874. The second-order valence-corrected chi connectivity index (χ2v) is 6.98. The van der Waals surface area contributed by atoms with E-state index in [9.17, 15) is 4.79 Å². The van der Waals surface area contributed by atoms with E-state index in [1.165, 1.54) is 0 Å². The Morgan fingerprint density at radius 1 is 1.19 bits per heavy atom. The first-order chi connectivity index (χ1) is 12.7. The molecule has 0 saturated heterocycles. The summed E-state index contributed by atoms with van der Waals surface area (Å²) < 4.78 is 7.29. The highest BCUT2D eigenvalue weighted by molar-refractivity contribution is 7.99. The van der Waals surface area contributed by atoms with Crippen LogP contribution in [0.15, 0.2) is 53.4 Å². The number of fused-ring (bicyclic) bond motifs is 1. The van der Waals surface area contributed by atoms with Crippen LogP contribution in [-0.4, -0.2) is 28.3 Å². The maximum atomic E-state index is 12.1. The van der Waals surface area contributed by atoms with Crippen LogP contribution in [0.3, 0.4) is 0 Å². The molecule has 26 heavy (non-hydrogen) atoms. The monoisotopic (exact) mass is 369 g/mol. The number of rotatable bonds is 8. The first-order valence-electron chi connectivity index (χ1n) is 8.69. The van der Waals surface area contributed by atoms with Gasteiger partial charge in [-0.2, -0.15) is 0 Å². The molecule has 0 atom stereocenters. The summed E-state index contributed by atoms with van der Waals surface area (Å²) in [6, 6.07) is 15.9. The van der Waals surface area contributed by atoms with Crippen LogP contribution in [0.1, 0.15) is 19.2 Å². The lowest BCUT2D eigenvalue weighted by molar-refractivity contribution is -0.120. The summed E-state index contributed by atoms with van der Waals surface area (Å²) in [5.41, 5.74) is 2.07. The number of amides is 1. The molecule has 3 rings (SSSR count). The first kappa shape index (κ1) is 18.3. The highest BCUT2D eigenvalue weighted by Gasteiger charge is 2.10. The number of para-hydroxylation sites is 2. The maximum Gasteiger partial charge on any atom is 0.221 e. The van der Waals surface area contributed by atoms with Gasteiger partial charge in [-0.05, 0) is 43.3 Å². The molecule has 136 valence electrons. The standard InChI is InChI=1S/C20H23N3O2S/c1-3-23-18-7-5-4-6-17(18)22-19(23)14-21-20(24)12-13-26-16-10-8-15(25-2)9-11-16/h4-11H,3,12-14H2,1-2H3,(H,21,24). The van der Waals surface area contributed by atoms with Crippen LogP contribution >= 0.6 is 11.8 Å². The fourth-order valence-corrected chi connectivity index (χ4v) is 3.66. The van der Waals surface area contributed by atoms with Crippen molar-refractivity contribution in [3.05, 3.63) is 54.4 Å². The average molecular weight is 369 g/mol. The molecule has 0 fully saturated rings. The number of nitrogens with zero attached hydrogens (tertiary/aromatic N) is 2. The van der Waals surface area contributed by atoms with Crippen molar-refractivity contribution in [3.8, 4) is 5.75 Å². The lowest BCUT2D eigenvalue weighted by Crippen LogP contribution is -2.24. The summed E-state index contributed by atoms with van der Waals surface area (Å²) in [5.74, 6) is 2.51. The topological polar surface area (TPSA) is 56.2 Å². The van der Waals surface area contributed by atoms with Crippen molar-refractivity contribution in [2.24, 2.45) is 0 Å². The molecule has 1 amide bonds. The average Bonchev–Trinajstić information content (AvgIpc) is 3.04. The van der Waals surface area contributed by atoms with Gasteiger partial charge in [-0.1, -0.05) is 12.1 Å². The molecule has 0 aliphatic heterocycles. The van der Waals surface area contributed by atoms with E-state index >= 15 is 0 Å². The van der Waals surface area contributed by atoms with Gasteiger partial charge in [0.1, 0.15) is 11.6 Å². The number of imidazole rings is 1. The quantitative estimate of drug-likeness (QED) is 0.613. The number of methoxy groups -OCH3 is 1. The molecule has 6 heteroatoms. The summed E-state index contributed by atoms with van der Waals surface area (Å²) >= 11 is 1.66. The normalized spacial score (nSPS) is 10.8. The number of aromatic nitrogens is 2. The smallest absolute Gasteiger partial charge is 0.221 e. The number of benzene rings is 2. The number of carbonyl (C=O) groups excluding carboxylic acids is 1. The van der Waals surface area contributed by atoms with Gasteiger partial charge in [-0.15, -0.1) is 11.8 Å². The van der Waals surface area contributed by atoms with Crippen molar-refractivity contribution in [1.82, 2.24) is 14.9 Å². The molecule has 5 nitrogen and oxygen atoms in total. The van der Waals surface area contributed by atoms with E-state index in [1.807, 2.05) is 42.5 Å². The van der Waals surface area contributed by atoms with E-state index in [-0.39, 0.29) is 5.91 Å². The van der Waals surface area contributed by atoms with Crippen molar-refractivity contribution < 1.29 is 9.53 Å². The van der Waals surface area contributed by atoms with Gasteiger partial charge in [-0.25, -0.2) is 4.98 Å². The summed E-state index contributed by atoms with van der Waals surface area (Å²) in [4.78, 5) is 17.9. The summed E-state index contributed by atoms with van der Waals surface area (Å²) in [6.07, 6.45) is 0.475. The second-order valence-electron chi connectivity index (χ2n) is 5.81. The van der Waals surface area contributed by atoms with Crippen molar-refractivity contribution >= 4 is 28.7 Å². The van der Waals surface area contributed by atoms with E-state index in [1.54, 1.807) is 18.9 Å². The molecule has 3 aromatic rings. The Kier molecular flexibility index (Phi) is 6.17. The predicted octanol–water partition coefficient (Wildman–Crippen LogP) is 3.86. The molecular weight excluding hydrogens is 346 g/mol. The van der Waals surface area contributed by atoms with Crippen LogP contribution < -0.4 is 10.1 Å². The van der Waals surface area contributed by atoms with Crippen LogP contribution in [0.25, 0.3) is 11.0 Å². The zero-order chi connectivity index (χ0) is 18.4. The van der Waals surface area contributed by atoms with E-state index in [0.717, 1.165) is 39.8 Å². The third-order valence-electron chi connectivity index (χ3n) is 4.15. The first-order valence-corrected chi connectivity index (χ1v) is 9.67. The van der Waals surface area contributed by atoms with E-state index in [4.69, 9.17) is 4.74 Å². The van der Waals surface area contributed by atoms with Gasteiger partial charge in [0.15, 0.2) is 0 Å². The van der Waals surface area contributed by atoms with Crippen LogP contribution in [-0.2, 0) is 17.9 Å². The van der Waals surface area contributed by atoms with Gasteiger partial charge in [0.2, 0.25) is 5.91 Å². The zero-order valence-corrected chi connectivity index (χ0v) is 15.9. The Balaban J connectivity index is 1.49. The van der Waals surface area contributed by atoms with Crippen LogP contribution in [0.4, 0.5) is 0 Å². The molecule has 0 bridgehead atoms. The van der Waals surface area contributed by atoms with Crippen molar-refractivity contribution in [2.45, 2.75) is 31.3 Å². The molecule has 1 aromatic heterocycles. The van der Waals surface area contributed by atoms with Crippen LogP contribution in [0.5, 0.6) is 5.75 Å². The van der Waals surface area contributed by atoms with Crippen molar-refractivity contribution in [3.63, 3.8) is 0 Å². The summed E-state index contributed by atoms with van der Waals surface area (Å²) in [7, 11) is 1.65. The second kappa shape index (κ2) is 8.76. The van der Waals surface area contributed by atoms with E-state index in [0.29, 0.717) is 13.0 Å². The molecule has 0 aliphatic carbocycles. The van der Waals surface area contributed by atoms with E-state index < -0.39 is 0 Å². The molecule has 1 N–H and O–H groups in total. The molecular formula is C20H23N3O2S. The third kappa shape index (κ3) is 4.38. The highest BCUT2D eigenvalue weighted by atomic mass is 32.2. The van der Waals surface area contributed by atoms with E-state index in [2.05, 4.69) is 27.9 Å². The highest BCUT2D eigenvalue weighted by Crippen LogP contribution is 2.22. The lowest BCUT2D eigenvalue weighted by atomic mass is 10.3. The fraction of sp³-hybridized carbons (Fsp3) is 0.300. The van der Waals surface area contributed by atoms with Crippen molar-refractivity contribution in [1.29, 1.82) is 0 Å². The van der Waals surface area contributed by atoms with Gasteiger partial charge < -0.3 is 14.6 Å². The van der Waals surface area contributed by atoms with Gasteiger partial charge in [0, 0.05) is 23.6 Å². The molecule has 0 saturated carbocycles. The van der Waals surface area contributed by atoms with Crippen molar-refractivity contribution in [2.75, 3.05) is 12.9 Å². The number of ether oxygens (including phenoxy) is 1. The fourth-order valence-electron chi connectivity index (χ4n) is 2.81. The van der Waals surface area contributed by atoms with Gasteiger partial charge in [-0.3, -0.25) is 4.79 Å². The molecule has 0 aliphatic rings. The number of thioether (sulfide) groups is 1. The summed E-state index contributed by atoms with van der Waals surface area (Å²) in [6.45, 7) is 3.37. The largest absolute Gasteiger partial charge is 0.497 e. The zero-order valence-electron chi connectivity index (χ0n) is 15.1. The minimum absolute atomic E-state index is 0.0423. The number of hydrogen-bond acceptors (Lipinski definition) is 4. The predicted molar refractivity (Wildman–Crippen MR) is 106 cm³/mol. The van der Waals surface area contributed by atoms with Crippen LogP contribution in [0, 0.1) is 0 Å². The van der Waals surface area contributed by atoms with Crippen LogP contribution in [0.2, 0.25) is 0 Å². The van der Waals surface area contributed by atoms with Gasteiger partial charge in [0.25, 0.3) is 0 Å². The third-order valence-corrected chi connectivity index (χ3v) is 5.16. The Morgan fingerprint density at radius 3 is 2.69 bits per heavy atom. The number of carbonyl (C=O) groups is 1. The minimum Gasteiger partial charge on any atom is -0.497 e. The number of aryl methyl sites for hydroxylation is 1. The number of nitrogens with one attached hydrogen (secondary N) is 1. The molecule has 0 unspecified atom stereocenters. The SMILES string of the molecule is CCn1c(CNC(=O)CCSc2ccc(OC)cc2)nc2ccccc21. The number of hydrogen-bond donors (Lipinski definition) is 1.